The number of amides is 1. The number of nitrogen functional groups attached to an aromatic ring is 1. The zero-order valence-corrected chi connectivity index (χ0v) is 19.6. The van der Waals surface area contributed by atoms with Crippen molar-refractivity contribution in [3.8, 4) is 11.4 Å². The van der Waals surface area contributed by atoms with Gasteiger partial charge in [0.25, 0.3) is 0 Å². The first-order valence-electron chi connectivity index (χ1n) is 11.0. The maximum Gasteiger partial charge on any atom is 0.246 e. The van der Waals surface area contributed by atoms with E-state index in [2.05, 4.69) is 41.2 Å². The van der Waals surface area contributed by atoms with Crippen molar-refractivity contribution in [1.82, 2.24) is 24.3 Å². The van der Waals surface area contributed by atoms with Gasteiger partial charge in [0, 0.05) is 23.5 Å². The van der Waals surface area contributed by atoms with E-state index in [1.807, 2.05) is 29.0 Å². The van der Waals surface area contributed by atoms with Gasteiger partial charge in [0.1, 0.15) is 29.7 Å². The van der Waals surface area contributed by atoms with Gasteiger partial charge >= 0.3 is 0 Å². The summed E-state index contributed by atoms with van der Waals surface area (Å²) in [5.41, 5.74) is 12.1. The predicted molar refractivity (Wildman–Crippen MR) is 128 cm³/mol. The summed E-state index contributed by atoms with van der Waals surface area (Å²) < 4.78 is 14.9. The SMILES string of the molecule is COc1cc(-n2c3c(c4ncnc(N)c42)COC3)ccc1NC(=O)Cn1cc(C(C)(C)C)cn1. The van der Waals surface area contributed by atoms with Crippen LogP contribution in [0.3, 0.4) is 0 Å². The number of nitrogens with zero attached hydrogens (tertiary/aromatic N) is 5. The first-order valence-corrected chi connectivity index (χ1v) is 11.0. The number of fused-ring (bicyclic) bond motifs is 3. The van der Waals surface area contributed by atoms with E-state index in [0.29, 0.717) is 30.5 Å². The van der Waals surface area contributed by atoms with Crippen LogP contribution in [0.5, 0.6) is 5.75 Å². The highest BCUT2D eigenvalue weighted by atomic mass is 16.5. The fourth-order valence-corrected chi connectivity index (χ4v) is 4.17. The molecule has 0 saturated carbocycles. The van der Waals surface area contributed by atoms with E-state index >= 15 is 0 Å². The van der Waals surface area contributed by atoms with Crippen molar-refractivity contribution in [3.05, 3.63) is 53.7 Å². The molecule has 1 aliphatic rings. The summed E-state index contributed by atoms with van der Waals surface area (Å²) in [6, 6.07) is 5.56. The van der Waals surface area contributed by atoms with Gasteiger partial charge in [-0.1, -0.05) is 20.8 Å². The minimum atomic E-state index is -0.201. The zero-order valence-electron chi connectivity index (χ0n) is 19.6. The molecule has 5 rings (SSSR count). The molecule has 0 spiro atoms. The molecule has 10 nitrogen and oxygen atoms in total. The number of nitrogens with one attached hydrogen (secondary N) is 1. The fraction of sp³-hybridized carbons (Fsp3) is 0.333. The van der Waals surface area contributed by atoms with Crippen LogP contribution in [-0.2, 0) is 34.7 Å². The van der Waals surface area contributed by atoms with Gasteiger partial charge in [-0.05, 0) is 23.1 Å². The molecule has 0 radical (unpaired) electrons. The van der Waals surface area contributed by atoms with Gasteiger partial charge < -0.3 is 25.1 Å². The number of hydrogen-bond acceptors (Lipinski definition) is 7. The third-order valence-electron chi connectivity index (χ3n) is 5.99. The minimum Gasteiger partial charge on any atom is -0.494 e. The number of anilines is 2. The Morgan fingerprint density at radius 2 is 2.09 bits per heavy atom. The Morgan fingerprint density at radius 1 is 1.26 bits per heavy atom. The van der Waals surface area contributed by atoms with Gasteiger partial charge in [-0.3, -0.25) is 9.48 Å². The summed E-state index contributed by atoms with van der Waals surface area (Å²) >= 11 is 0. The molecule has 0 fully saturated rings. The first-order chi connectivity index (χ1) is 16.3. The molecular weight excluding hydrogens is 434 g/mol. The second-order valence-corrected chi connectivity index (χ2v) is 9.32. The molecule has 0 aliphatic carbocycles. The largest absolute Gasteiger partial charge is 0.494 e. The molecule has 3 N–H and O–H groups in total. The van der Waals surface area contributed by atoms with Crippen LogP contribution in [0.2, 0.25) is 0 Å². The number of hydrogen-bond donors (Lipinski definition) is 2. The molecule has 34 heavy (non-hydrogen) atoms. The summed E-state index contributed by atoms with van der Waals surface area (Å²) in [6.45, 7) is 7.35. The van der Waals surface area contributed by atoms with E-state index in [0.717, 1.165) is 33.5 Å². The molecule has 1 aromatic carbocycles. The van der Waals surface area contributed by atoms with Crippen LogP contribution in [0.25, 0.3) is 16.7 Å². The van der Waals surface area contributed by atoms with E-state index in [9.17, 15) is 4.79 Å². The van der Waals surface area contributed by atoms with Gasteiger partial charge in [-0.15, -0.1) is 0 Å². The first kappa shape index (κ1) is 21.9. The highest BCUT2D eigenvalue weighted by molar-refractivity contribution is 5.93. The lowest BCUT2D eigenvalue weighted by atomic mass is 9.90. The number of nitrogens with two attached hydrogens (primary N) is 1. The van der Waals surface area contributed by atoms with Crippen molar-refractivity contribution >= 4 is 28.4 Å². The number of carbonyl (C=O) groups excluding carboxylic acids is 1. The summed E-state index contributed by atoms with van der Waals surface area (Å²) in [5.74, 6) is 0.712. The lowest BCUT2D eigenvalue weighted by molar-refractivity contribution is -0.116. The van der Waals surface area contributed by atoms with Crippen LogP contribution in [0.1, 0.15) is 37.6 Å². The van der Waals surface area contributed by atoms with Crippen LogP contribution in [0, 0.1) is 0 Å². The molecular formula is C24H27N7O3. The maximum atomic E-state index is 12.7. The average molecular weight is 462 g/mol. The topological polar surface area (TPSA) is 122 Å². The average Bonchev–Trinajstić information content (AvgIpc) is 3.50. The van der Waals surface area contributed by atoms with Crippen molar-refractivity contribution in [3.63, 3.8) is 0 Å². The van der Waals surface area contributed by atoms with Gasteiger partial charge in [-0.25, -0.2) is 9.97 Å². The highest BCUT2D eigenvalue weighted by Gasteiger charge is 2.26. The molecule has 176 valence electrons. The number of ether oxygens (including phenoxy) is 2. The minimum absolute atomic E-state index is 0.0317. The van der Waals surface area contributed by atoms with Crippen molar-refractivity contribution < 1.29 is 14.3 Å². The number of rotatable bonds is 5. The molecule has 0 atom stereocenters. The van der Waals surface area contributed by atoms with Crippen LogP contribution in [-0.4, -0.2) is 37.3 Å². The summed E-state index contributed by atoms with van der Waals surface area (Å²) in [7, 11) is 1.57. The quantitative estimate of drug-likeness (QED) is 0.468. The second-order valence-electron chi connectivity index (χ2n) is 9.32. The smallest absolute Gasteiger partial charge is 0.246 e. The Bertz CT molecular complexity index is 1400. The number of methoxy groups -OCH3 is 1. The van der Waals surface area contributed by atoms with E-state index in [-0.39, 0.29) is 17.9 Å². The van der Waals surface area contributed by atoms with Crippen molar-refractivity contribution in [2.24, 2.45) is 0 Å². The summed E-state index contributed by atoms with van der Waals surface area (Å²) in [4.78, 5) is 21.3. The second kappa shape index (κ2) is 8.14. The van der Waals surface area contributed by atoms with Crippen LogP contribution >= 0.6 is 0 Å². The van der Waals surface area contributed by atoms with Gasteiger partial charge in [-0.2, -0.15) is 5.10 Å². The Labute approximate surface area is 196 Å². The van der Waals surface area contributed by atoms with Crippen molar-refractivity contribution in [2.75, 3.05) is 18.2 Å². The lowest BCUT2D eigenvalue weighted by Crippen LogP contribution is -2.19. The standard InChI is InChI=1S/C24H27N7O3/c1-24(2,3)14-8-28-30(9-14)10-20(32)29-17-6-5-15(7-19(17)33-4)31-18-12-34-11-16(18)21-22(31)23(25)27-13-26-21/h5-9,13H,10-12H2,1-4H3,(H,29,32)(H2,25,26,27). The Hall–Kier alpha value is -3.92. The summed E-state index contributed by atoms with van der Waals surface area (Å²) in [6.07, 6.45) is 5.15. The molecule has 1 aliphatic heterocycles. The van der Waals surface area contributed by atoms with Gasteiger partial charge in [0.2, 0.25) is 5.91 Å². The summed E-state index contributed by atoms with van der Waals surface area (Å²) in [5, 5.41) is 7.23. The maximum absolute atomic E-state index is 12.7. The predicted octanol–water partition coefficient (Wildman–Crippen LogP) is 3.17. The fourth-order valence-electron chi connectivity index (χ4n) is 4.17. The molecule has 3 aromatic heterocycles. The third-order valence-corrected chi connectivity index (χ3v) is 5.99. The molecule has 1 amide bonds. The van der Waals surface area contributed by atoms with Gasteiger partial charge in [0.05, 0.1) is 37.9 Å². The Morgan fingerprint density at radius 3 is 2.82 bits per heavy atom. The van der Waals surface area contributed by atoms with Crippen LogP contribution in [0.15, 0.2) is 36.9 Å². The number of benzene rings is 1. The normalized spacial score (nSPS) is 13.3. The molecule has 10 heteroatoms. The Kier molecular flexibility index (Phi) is 5.24. The van der Waals surface area contributed by atoms with E-state index in [1.165, 1.54) is 6.33 Å². The van der Waals surface area contributed by atoms with Crippen molar-refractivity contribution in [2.45, 2.75) is 45.9 Å². The van der Waals surface area contributed by atoms with E-state index in [4.69, 9.17) is 15.2 Å². The zero-order chi connectivity index (χ0) is 24.0. The molecule has 0 unspecified atom stereocenters. The monoisotopic (exact) mass is 461 g/mol. The van der Waals surface area contributed by atoms with Crippen LogP contribution in [0.4, 0.5) is 11.5 Å². The van der Waals surface area contributed by atoms with E-state index in [1.54, 1.807) is 18.0 Å². The molecule has 4 heterocycles. The third kappa shape index (κ3) is 3.75. The molecule has 0 bridgehead atoms. The lowest BCUT2D eigenvalue weighted by Gasteiger charge is -2.15. The number of aromatic nitrogens is 5. The highest BCUT2D eigenvalue weighted by Crippen LogP contribution is 2.37. The van der Waals surface area contributed by atoms with Crippen molar-refractivity contribution in [1.29, 1.82) is 0 Å². The number of carbonyl (C=O) groups is 1. The molecule has 4 aromatic rings. The van der Waals surface area contributed by atoms with Gasteiger partial charge in [0.15, 0.2) is 5.82 Å². The Balaban J connectivity index is 1.44. The van der Waals surface area contributed by atoms with E-state index < -0.39 is 0 Å². The van der Waals surface area contributed by atoms with Crippen LogP contribution < -0.4 is 15.8 Å². The molecule has 0 saturated heterocycles.